The second-order valence-electron chi connectivity index (χ2n) is 4.63. The Morgan fingerprint density at radius 2 is 1.73 bits per heavy atom. The number of carbonyl (C=O) groups is 3. The number of aliphatic hydroxyl groups is 1. The number of Topliss-reactive ketones (excluding diaryl/α,β-unsaturated/α-hetero) is 1. The van der Waals surface area contributed by atoms with Gasteiger partial charge in [-0.1, -0.05) is 0 Å². The van der Waals surface area contributed by atoms with Crippen molar-refractivity contribution in [3.8, 4) is 0 Å². The van der Waals surface area contributed by atoms with Gasteiger partial charge in [-0.05, 0) is 38.1 Å². The molecule has 0 saturated carbocycles. The van der Waals surface area contributed by atoms with Gasteiger partial charge in [-0.2, -0.15) is 0 Å². The van der Waals surface area contributed by atoms with Crippen LogP contribution in [0.4, 0.5) is 5.69 Å². The minimum atomic E-state index is -1.15. The number of carbonyl (C=O) groups excluding carboxylic acids is 3. The quantitative estimate of drug-likeness (QED) is 0.260. The van der Waals surface area contributed by atoms with E-state index in [4.69, 9.17) is 0 Å². The van der Waals surface area contributed by atoms with E-state index in [0.717, 1.165) is 11.8 Å². The predicted octanol–water partition coefficient (Wildman–Crippen LogP) is 2.15. The second kappa shape index (κ2) is 6.07. The highest BCUT2D eigenvalue weighted by atomic mass is 32.1. The molecule has 22 heavy (non-hydrogen) atoms. The van der Waals surface area contributed by atoms with Crippen molar-refractivity contribution in [2.45, 2.75) is 18.7 Å². The summed E-state index contributed by atoms with van der Waals surface area (Å²) in [5.41, 5.74) is 0.103. The van der Waals surface area contributed by atoms with Crippen molar-refractivity contribution >= 4 is 36.0 Å². The van der Waals surface area contributed by atoms with Crippen molar-refractivity contribution < 1.29 is 24.2 Å². The van der Waals surface area contributed by atoms with Crippen LogP contribution >= 0.6 is 12.6 Å². The second-order valence-corrected chi connectivity index (χ2v) is 5.15. The first-order valence-electron chi connectivity index (χ1n) is 6.29. The zero-order chi connectivity index (χ0) is 16.4. The zero-order valence-electron chi connectivity index (χ0n) is 11.8. The Labute approximate surface area is 131 Å². The number of hydrogen-bond donors (Lipinski definition) is 3. The van der Waals surface area contributed by atoms with E-state index in [1.54, 1.807) is 24.3 Å². The summed E-state index contributed by atoms with van der Waals surface area (Å²) < 4.78 is 4.49. The number of benzene rings is 1. The molecule has 0 radical (unpaired) electrons. The first-order chi connectivity index (χ1) is 10.3. The van der Waals surface area contributed by atoms with Gasteiger partial charge in [0.2, 0.25) is 0 Å². The fourth-order valence-electron chi connectivity index (χ4n) is 1.97. The molecule has 0 unspecified atom stereocenters. The highest BCUT2D eigenvalue weighted by Gasteiger charge is 2.36. The van der Waals surface area contributed by atoms with Gasteiger partial charge in [-0.25, -0.2) is 9.59 Å². The smallest absolute Gasteiger partial charge is 0.353 e. The van der Waals surface area contributed by atoms with E-state index in [-0.39, 0.29) is 11.3 Å². The molecule has 2 N–H and O–H groups in total. The van der Waals surface area contributed by atoms with Gasteiger partial charge in [-0.3, -0.25) is 4.79 Å². The Balaban J connectivity index is 2.46. The summed E-state index contributed by atoms with van der Waals surface area (Å²) in [6.45, 7) is 2.63. The maximum Gasteiger partial charge on any atom is 0.353 e. The van der Waals surface area contributed by atoms with E-state index < -0.39 is 29.1 Å². The summed E-state index contributed by atoms with van der Waals surface area (Å²) in [5.74, 6) is -3.52. The molecule has 0 fully saturated rings. The number of thiol groups is 1. The van der Waals surface area contributed by atoms with Crippen molar-refractivity contribution in [1.29, 1.82) is 0 Å². The molecule has 2 rings (SSSR count). The number of esters is 2. The Hall–Kier alpha value is -2.54. The highest BCUT2D eigenvalue weighted by molar-refractivity contribution is 7.80. The summed E-state index contributed by atoms with van der Waals surface area (Å²) in [4.78, 5) is 35.5. The summed E-state index contributed by atoms with van der Waals surface area (Å²) >= 11 is 4.16. The van der Waals surface area contributed by atoms with Crippen LogP contribution in [-0.2, 0) is 19.1 Å². The minimum Gasteiger partial charge on any atom is -0.506 e. The lowest BCUT2D eigenvalue weighted by atomic mass is 10.0. The molecule has 0 atom stereocenters. The van der Waals surface area contributed by atoms with E-state index in [2.05, 4.69) is 22.7 Å². The zero-order valence-corrected chi connectivity index (χ0v) is 12.7. The number of hydrogen-bond acceptors (Lipinski definition) is 7. The SMILES string of the molecule is CC(=O)C1=C(O)/C(=C(\C)Nc2ccc(S)cc2)C(=O)OC1=O. The Morgan fingerprint density at radius 3 is 2.27 bits per heavy atom. The van der Waals surface area contributed by atoms with Crippen molar-refractivity contribution in [2.75, 3.05) is 5.32 Å². The normalized spacial score (nSPS) is 17.2. The molecule has 1 aromatic carbocycles. The summed E-state index contributed by atoms with van der Waals surface area (Å²) in [5, 5.41) is 13.0. The number of aliphatic hydroxyl groups excluding tert-OH is 1. The average molecular weight is 319 g/mol. The van der Waals surface area contributed by atoms with Crippen molar-refractivity contribution in [3.63, 3.8) is 0 Å². The average Bonchev–Trinajstić information content (AvgIpc) is 2.40. The molecule has 1 aromatic rings. The maximum atomic E-state index is 11.8. The number of anilines is 1. The van der Waals surface area contributed by atoms with Crippen molar-refractivity contribution in [1.82, 2.24) is 0 Å². The van der Waals surface area contributed by atoms with Crippen LogP contribution in [0.15, 0.2) is 51.8 Å². The van der Waals surface area contributed by atoms with Gasteiger partial charge < -0.3 is 15.2 Å². The summed E-state index contributed by atoms with van der Waals surface area (Å²) in [7, 11) is 0. The van der Waals surface area contributed by atoms with Gasteiger partial charge in [0.1, 0.15) is 16.9 Å². The van der Waals surface area contributed by atoms with Crippen LogP contribution in [0.5, 0.6) is 0 Å². The van der Waals surface area contributed by atoms with Crippen molar-refractivity contribution in [3.05, 3.63) is 46.9 Å². The molecular formula is C15H13NO5S. The van der Waals surface area contributed by atoms with E-state index in [1.165, 1.54) is 6.92 Å². The molecule has 1 heterocycles. The Bertz CT molecular complexity index is 731. The number of ether oxygens (including phenoxy) is 1. The predicted molar refractivity (Wildman–Crippen MR) is 81.5 cm³/mol. The fraction of sp³-hybridized carbons (Fsp3) is 0.133. The topological polar surface area (TPSA) is 92.7 Å². The fourth-order valence-corrected chi connectivity index (χ4v) is 2.12. The number of allylic oxidation sites excluding steroid dienone is 1. The standard InChI is InChI=1S/C15H13NO5S/c1-7(16-9-3-5-10(22)6-4-9)11-13(18)12(8(2)17)15(20)21-14(11)19/h3-6,16,18,22H,1-2H3/b11-7-. The van der Waals surface area contributed by atoms with Crippen LogP contribution in [0.2, 0.25) is 0 Å². The Morgan fingerprint density at radius 1 is 1.14 bits per heavy atom. The number of rotatable bonds is 3. The lowest BCUT2D eigenvalue weighted by Crippen LogP contribution is -2.29. The van der Waals surface area contributed by atoms with E-state index in [9.17, 15) is 19.5 Å². The largest absolute Gasteiger partial charge is 0.506 e. The molecular weight excluding hydrogens is 306 g/mol. The first kappa shape index (κ1) is 15.8. The molecule has 0 bridgehead atoms. The number of cyclic esters (lactones) is 2. The summed E-state index contributed by atoms with van der Waals surface area (Å²) in [6.07, 6.45) is 0. The van der Waals surface area contributed by atoms with E-state index in [1.807, 2.05) is 0 Å². The molecule has 0 spiro atoms. The lowest BCUT2D eigenvalue weighted by Gasteiger charge is -2.18. The lowest BCUT2D eigenvalue weighted by molar-refractivity contribution is -0.155. The molecule has 6 nitrogen and oxygen atoms in total. The van der Waals surface area contributed by atoms with Gasteiger partial charge in [0.25, 0.3) is 0 Å². The molecule has 0 aromatic heterocycles. The number of ketones is 1. The van der Waals surface area contributed by atoms with Crippen LogP contribution < -0.4 is 5.32 Å². The molecule has 1 aliphatic rings. The third-order valence-electron chi connectivity index (χ3n) is 2.99. The number of nitrogens with one attached hydrogen (secondary N) is 1. The maximum absolute atomic E-state index is 11.8. The molecule has 0 aliphatic carbocycles. The van der Waals surface area contributed by atoms with Crippen LogP contribution in [0.1, 0.15) is 13.8 Å². The van der Waals surface area contributed by atoms with Gasteiger partial charge in [0, 0.05) is 16.3 Å². The van der Waals surface area contributed by atoms with E-state index >= 15 is 0 Å². The first-order valence-corrected chi connectivity index (χ1v) is 6.74. The van der Waals surface area contributed by atoms with Crippen molar-refractivity contribution in [2.24, 2.45) is 0 Å². The van der Waals surface area contributed by atoms with E-state index in [0.29, 0.717) is 5.69 Å². The minimum absolute atomic E-state index is 0.250. The highest BCUT2D eigenvalue weighted by Crippen LogP contribution is 2.26. The van der Waals surface area contributed by atoms with Gasteiger partial charge in [0.15, 0.2) is 5.78 Å². The monoisotopic (exact) mass is 319 g/mol. The molecule has 0 amide bonds. The van der Waals surface area contributed by atoms with Gasteiger partial charge >= 0.3 is 11.9 Å². The third-order valence-corrected chi connectivity index (χ3v) is 3.29. The summed E-state index contributed by atoms with van der Waals surface area (Å²) in [6, 6.07) is 6.92. The van der Waals surface area contributed by atoms with Crippen LogP contribution in [0, 0.1) is 0 Å². The van der Waals surface area contributed by atoms with Gasteiger partial charge in [0.05, 0.1) is 0 Å². The molecule has 0 saturated heterocycles. The molecule has 114 valence electrons. The van der Waals surface area contributed by atoms with Crippen LogP contribution in [0.25, 0.3) is 0 Å². The Kier molecular flexibility index (Phi) is 4.37. The van der Waals surface area contributed by atoms with Gasteiger partial charge in [-0.15, -0.1) is 12.6 Å². The van der Waals surface area contributed by atoms with Crippen LogP contribution in [0.3, 0.4) is 0 Å². The van der Waals surface area contributed by atoms with Crippen LogP contribution in [-0.4, -0.2) is 22.8 Å². The third kappa shape index (κ3) is 3.04. The molecule has 7 heteroatoms. The molecule has 1 aliphatic heterocycles.